The number of hydrogen-bond acceptors (Lipinski definition) is 5. The predicted octanol–water partition coefficient (Wildman–Crippen LogP) is 2.53. The van der Waals surface area contributed by atoms with Gasteiger partial charge in [0.05, 0.1) is 35.0 Å². The van der Waals surface area contributed by atoms with E-state index in [1.165, 1.54) is 4.68 Å². The maximum atomic E-state index is 12.1. The quantitative estimate of drug-likeness (QED) is 0.734. The van der Waals surface area contributed by atoms with Crippen LogP contribution in [0.1, 0.15) is 24.0 Å². The highest BCUT2D eigenvalue weighted by molar-refractivity contribution is 7.09. The van der Waals surface area contributed by atoms with E-state index in [0.717, 1.165) is 29.4 Å². The molecule has 0 bridgehead atoms. The third-order valence-electron chi connectivity index (χ3n) is 3.13. The van der Waals surface area contributed by atoms with E-state index in [9.17, 15) is 4.79 Å². The van der Waals surface area contributed by atoms with Crippen LogP contribution in [0.25, 0.3) is 0 Å². The highest BCUT2D eigenvalue weighted by atomic mass is 35.5. The Hall–Kier alpha value is -1.40. The minimum atomic E-state index is -0.0791. The smallest absolute Gasteiger partial charge is 0.268 e. The van der Waals surface area contributed by atoms with Gasteiger partial charge in [-0.05, 0) is 6.42 Å². The van der Waals surface area contributed by atoms with Gasteiger partial charge in [0.1, 0.15) is 0 Å². The number of nitrogens with zero attached hydrogens (tertiary/aromatic N) is 4. The van der Waals surface area contributed by atoms with Gasteiger partial charge >= 0.3 is 0 Å². The van der Waals surface area contributed by atoms with Crippen molar-refractivity contribution in [2.24, 2.45) is 0 Å². The molecular formula is C14H19ClN4OS. The van der Waals surface area contributed by atoms with E-state index in [0.29, 0.717) is 18.8 Å². The molecule has 2 heterocycles. The van der Waals surface area contributed by atoms with Gasteiger partial charge in [-0.3, -0.25) is 4.79 Å². The van der Waals surface area contributed by atoms with E-state index in [-0.39, 0.29) is 5.56 Å². The fraction of sp³-hybridized carbons (Fsp3) is 0.500. The first-order valence-corrected chi connectivity index (χ1v) is 8.33. The standard InChI is InChI=1S/C14H19ClN4OS/c1-3-5-18(2)12-7-14(20)19(16-9-12)6-4-13-17-11(8-15)10-21-13/h7,9-10H,3-6,8H2,1-2H3. The zero-order valence-corrected chi connectivity index (χ0v) is 13.8. The summed E-state index contributed by atoms with van der Waals surface area (Å²) in [6, 6.07) is 1.63. The molecular weight excluding hydrogens is 308 g/mol. The Balaban J connectivity index is 2.02. The van der Waals surface area contributed by atoms with Crippen molar-refractivity contribution in [2.75, 3.05) is 18.5 Å². The van der Waals surface area contributed by atoms with E-state index in [1.807, 2.05) is 17.3 Å². The van der Waals surface area contributed by atoms with Gasteiger partial charge < -0.3 is 4.90 Å². The number of aryl methyl sites for hydroxylation is 2. The number of hydrogen-bond donors (Lipinski definition) is 0. The van der Waals surface area contributed by atoms with Crippen LogP contribution in [0.4, 0.5) is 5.69 Å². The summed E-state index contributed by atoms with van der Waals surface area (Å²) in [4.78, 5) is 18.5. The fourth-order valence-corrected chi connectivity index (χ4v) is 3.01. The van der Waals surface area contributed by atoms with Crippen molar-refractivity contribution >= 4 is 28.6 Å². The Morgan fingerprint density at radius 1 is 1.48 bits per heavy atom. The monoisotopic (exact) mass is 326 g/mol. The Morgan fingerprint density at radius 2 is 2.29 bits per heavy atom. The van der Waals surface area contributed by atoms with Gasteiger partial charge in [-0.2, -0.15) is 5.10 Å². The molecule has 0 amide bonds. The lowest BCUT2D eigenvalue weighted by molar-refractivity contribution is 0.575. The number of thiazole rings is 1. The molecule has 0 aliphatic rings. The molecule has 0 aliphatic carbocycles. The molecule has 0 aliphatic heterocycles. The van der Waals surface area contributed by atoms with Crippen molar-refractivity contribution in [1.82, 2.24) is 14.8 Å². The number of aromatic nitrogens is 3. The molecule has 0 fully saturated rings. The summed E-state index contributed by atoms with van der Waals surface area (Å²) in [5, 5.41) is 7.16. The lowest BCUT2D eigenvalue weighted by Crippen LogP contribution is -2.26. The molecule has 2 rings (SSSR count). The number of rotatable bonds is 7. The first kappa shape index (κ1) is 16.0. The fourth-order valence-electron chi connectivity index (χ4n) is 1.99. The minimum Gasteiger partial charge on any atom is -0.373 e. The van der Waals surface area contributed by atoms with E-state index in [1.54, 1.807) is 23.6 Å². The summed E-state index contributed by atoms with van der Waals surface area (Å²) < 4.78 is 1.48. The van der Waals surface area contributed by atoms with Crippen molar-refractivity contribution in [3.63, 3.8) is 0 Å². The Morgan fingerprint density at radius 3 is 2.90 bits per heavy atom. The zero-order chi connectivity index (χ0) is 15.2. The summed E-state index contributed by atoms with van der Waals surface area (Å²) in [6.45, 7) is 3.55. The van der Waals surface area contributed by atoms with Crippen LogP contribution < -0.4 is 10.5 Å². The Bertz CT molecular complexity index is 640. The summed E-state index contributed by atoms with van der Waals surface area (Å²) in [7, 11) is 1.97. The maximum Gasteiger partial charge on any atom is 0.268 e. The summed E-state index contributed by atoms with van der Waals surface area (Å²) in [6.07, 6.45) is 3.47. The molecule has 114 valence electrons. The van der Waals surface area contributed by atoms with E-state index < -0.39 is 0 Å². The van der Waals surface area contributed by atoms with Crippen molar-refractivity contribution in [3.8, 4) is 0 Å². The van der Waals surface area contributed by atoms with Crippen LogP contribution in [-0.4, -0.2) is 28.4 Å². The first-order valence-electron chi connectivity index (χ1n) is 6.91. The van der Waals surface area contributed by atoms with Crippen LogP contribution in [0.3, 0.4) is 0 Å². The highest BCUT2D eigenvalue weighted by Gasteiger charge is 2.06. The van der Waals surface area contributed by atoms with Crippen LogP contribution in [0, 0.1) is 0 Å². The van der Waals surface area contributed by atoms with Gasteiger partial charge in [-0.25, -0.2) is 9.67 Å². The Labute approximate surface area is 133 Å². The molecule has 0 atom stereocenters. The molecule has 0 unspecified atom stereocenters. The van der Waals surface area contributed by atoms with Crippen molar-refractivity contribution in [1.29, 1.82) is 0 Å². The van der Waals surface area contributed by atoms with Crippen molar-refractivity contribution < 1.29 is 0 Å². The number of halogens is 1. The van der Waals surface area contributed by atoms with Gasteiger partial charge in [-0.15, -0.1) is 22.9 Å². The summed E-state index contributed by atoms with van der Waals surface area (Å²) in [5.41, 5.74) is 1.66. The molecule has 0 radical (unpaired) electrons. The van der Waals surface area contributed by atoms with E-state index in [2.05, 4.69) is 17.0 Å². The average Bonchev–Trinajstić information content (AvgIpc) is 2.94. The van der Waals surface area contributed by atoms with E-state index >= 15 is 0 Å². The summed E-state index contributed by atoms with van der Waals surface area (Å²) in [5.74, 6) is 0.424. The number of alkyl halides is 1. The average molecular weight is 327 g/mol. The van der Waals surface area contributed by atoms with Gasteiger partial charge in [-0.1, -0.05) is 6.92 Å². The lowest BCUT2D eigenvalue weighted by atomic mass is 10.3. The largest absolute Gasteiger partial charge is 0.373 e. The third kappa shape index (κ3) is 4.28. The van der Waals surface area contributed by atoms with E-state index in [4.69, 9.17) is 11.6 Å². The molecule has 2 aromatic heterocycles. The summed E-state index contributed by atoms with van der Waals surface area (Å²) >= 11 is 7.29. The molecule has 0 saturated carbocycles. The molecule has 2 aromatic rings. The minimum absolute atomic E-state index is 0.0791. The SMILES string of the molecule is CCCN(C)c1cnn(CCc2nc(CCl)cs2)c(=O)c1. The van der Waals surface area contributed by atoms with Crippen LogP contribution >= 0.6 is 22.9 Å². The molecule has 5 nitrogen and oxygen atoms in total. The van der Waals surface area contributed by atoms with Crippen molar-refractivity contribution in [3.05, 3.63) is 38.7 Å². The Kier molecular flexibility index (Phi) is 5.76. The van der Waals surface area contributed by atoms with Crippen LogP contribution in [0.5, 0.6) is 0 Å². The van der Waals surface area contributed by atoms with Gasteiger partial charge in [0.15, 0.2) is 0 Å². The van der Waals surface area contributed by atoms with Crippen LogP contribution in [0.2, 0.25) is 0 Å². The van der Waals surface area contributed by atoms with Crippen LogP contribution in [0.15, 0.2) is 22.4 Å². The first-order chi connectivity index (χ1) is 10.1. The molecule has 0 N–H and O–H groups in total. The predicted molar refractivity (Wildman–Crippen MR) is 87.4 cm³/mol. The van der Waals surface area contributed by atoms with Crippen molar-refractivity contribution in [2.45, 2.75) is 32.2 Å². The second kappa shape index (κ2) is 7.56. The van der Waals surface area contributed by atoms with Gasteiger partial charge in [0.25, 0.3) is 5.56 Å². The maximum absolute atomic E-state index is 12.1. The van der Waals surface area contributed by atoms with Gasteiger partial charge in [0, 0.05) is 31.5 Å². The highest BCUT2D eigenvalue weighted by Crippen LogP contribution is 2.12. The zero-order valence-electron chi connectivity index (χ0n) is 12.3. The topological polar surface area (TPSA) is 51.0 Å². The lowest BCUT2D eigenvalue weighted by Gasteiger charge is -2.17. The second-order valence-electron chi connectivity index (χ2n) is 4.81. The normalized spacial score (nSPS) is 10.8. The third-order valence-corrected chi connectivity index (χ3v) is 4.36. The molecule has 0 saturated heterocycles. The van der Waals surface area contributed by atoms with Crippen LogP contribution in [-0.2, 0) is 18.8 Å². The van der Waals surface area contributed by atoms with Gasteiger partial charge in [0.2, 0.25) is 0 Å². The molecule has 0 spiro atoms. The molecule has 21 heavy (non-hydrogen) atoms. The molecule has 7 heteroatoms. The number of anilines is 1. The second-order valence-corrected chi connectivity index (χ2v) is 6.02. The molecule has 0 aromatic carbocycles.